The third-order valence-corrected chi connectivity index (χ3v) is 4.54. The molecule has 112 valence electrons. The van der Waals surface area contributed by atoms with Crippen LogP contribution < -0.4 is 0 Å². The van der Waals surface area contributed by atoms with Crippen molar-refractivity contribution >= 4 is 22.8 Å². The maximum atomic E-state index is 5.79. The van der Waals surface area contributed by atoms with Gasteiger partial charge in [0.2, 0.25) is 0 Å². The lowest BCUT2D eigenvalue weighted by atomic mass is 10.1. The number of benzene rings is 1. The Labute approximate surface area is 132 Å². The molecular weight excluding hydrogens is 280 g/mol. The van der Waals surface area contributed by atoms with Crippen LogP contribution in [0.15, 0.2) is 36.5 Å². The van der Waals surface area contributed by atoms with Crippen molar-refractivity contribution < 1.29 is 4.74 Å². The van der Waals surface area contributed by atoms with Gasteiger partial charge in [0.1, 0.15) is 4.99 Å². The summed E-state index contributed by atoms with van der Waals surface area (Å²) in [4.78, 5) is 5.62. The van der Waals surface area contributed by atoms with Gasteiger partial charge >= 0.3 is 0 Å². The lowest BCUT2D eigenvalue weighted by Gasteiger charge is -2.31. The van der Waals surface area contributed by atoms with E-state index >= 15 is 0 Å². The summed E-state index contributed by atoms with van der Waals surface area (Å²) in [6, 6.07) is 10.5. The average molecular weight is 302 g/mol. The molecule has 4 heteroatoms. The number of hydrogen-bond acceptors (Lipinski definition) is 3. The number of morpholine rings is 1. The predicted octanol–water partition coefficient (Wildman–Crippen LogP) is 2.78. The molecule has 2 saturated heterocycles. The Morgan fingerprint density at radius 3 is 2.33 bits per heavy atom. The topological polar surface area (TPSA) is 15.7 Å². The summed E-state index contributed by atoms with van der Waals surface area (Å²) >= 11 is 5.79. The van der Waals surface area contributed by atoms with E-state index < -0.39 is 0 Å². The molecule has 1 aromatic carbocycles. The molecule has 3 nitrogen and oxygen atoms in total. The summed E-state index contributed by atoms with van der Waals surface area (Å²) in [6.07, 6.45) is 4.83. The van der Waals surface area contributed by atoms with Crippen molar-refractivity contribution in [3.63, 3.8) is 0 Å². The lowest BCUT2D eigenvalue weighted by molar-refractivity contribution is 0.0696. The number of likely N-dealkylation sites (tertiary alicyclic amines) is 1. The van der Waals surface area contributed by atoms with Gasteiger partial charge in [-0.05, 0) is 18.4 Å². The molecule has 2 aliphatic heterocycles. The number of hydrogen-bond donors (Lipinski definition) is 0. The molecule has 2 fully saturated rings. The van der Waals surface area contributed by atoms with Crippen molar-refractivity contribution in [3.8, 4) is 0 Å². The number of rotatable bonds is 3. The third kappa shape index (κ3) is 3.63. The van der Waals surface area contributed by atoms with Gasteiger partial charge in [-0.1, -0.05) is 42.5 Å². The molecule has 0 aliphatic carbocycles. The lowest BCUT2D eigenvalue weighted by Crippen LogP contribution is -2.40. The van der Waals surface area contributed by atoms with Gasteiger partial charge in [0, 0.05) is 38.0 Å². The van der Waals surface area contributed by atoms with E-state index in [2.05, 4.69) is 46.3 Å². The molecule has 0 atom stereocenters. The van der Waals surface area contributed by atoms with Crippen LogP contribution >= 0.6 is 12.2 Å². The van der Waals surface area contributed by atoms with Crippen LogP contribution in [0.2, 0.25) is 0 Å². The largest absolute Gasteiger partial charge is 0.378 e. The van der Waals surface area contributed by atoms with Crippen molar-refractivity contribution in [3.05, 3.63) is 42.1 Å². The Kier molecular flexibility index (Phi) is 4.88. The average Bonchev–Trinajstić information content (AvgIpc) is 3.07. The first-order chi connectivity index (χ1) is 10.3. The Bertz CT molecular complexity index is 503. The first-order valence-electron chi connectivity index (χ1n) is 7.73. The molecule has 0 unspecified atom stereocenters. The Hall–Kier alpha value is -1.39. The molecule has 0 saturated carbocycles. The van der Waals surface area contributed by atoms with E-state index in [0.29, 0.717) is 0 Å². The number of ether oxygens (including phenoxy) is 1. The van der Waals surface area contributed by atoms with Gasteiger partial charge in [0.15, 0.2) is 0 Å². The molecule has 0 spiro atoms. The fraction of sp³-hybridized carbons (Fsp3) is 0.471. The summed E-state index contributed by atoms with van der Waals surface area (Å²) in [7, 11) is 0. The zero-order chi connectivity index (χ0) is 14.5. The minimum absolute atomic E-state index is 0.770. The highest BCUT2D eigenvalue weighted by Gasteiger charge is 2.19. The Morgan fingerprint density at radius 1 is 1.00 bits per heavy atom. The normalized spacial score (nSPS) is 19.9. The van der Waals surface area contributed by atoms with Gasteiger partial charge in [-0.15, -0.1) is 0 Å². The van der Waals surface area contributed by atoms with Crippen LogP contribution in [0.5, 0.6) is 0 Å². The predicted molar refractivity (Wildman–Crippen MR) is 90.2 cm³/mol. The molecule has 0 radical (unpaired) electrons. The van der Waals surface area contributed by atoms with Crippen LogP contribution in [0, 0.1) is 0 Å². The molecule has 0 amide bonds. The Balaban J connectivity index is 1.86. The van der Waals surface area contributed by atoms with Crippen LogP contribution in [0.3, 0.4) is 0 Å². The standard InChI is InChI=1S/C17H22N2OS/c21-17(19-10-12-20-13-11-19)16(14-18-8-4-5-9-18)15-6-2-1-3-7-15/h1-3,6-7,14H,4-5,8-13H2/b16-14+. The second-order valence-corrected chi connectivity index (χ2v) is 5.94. The highest BCUT2D eigenvalue weighted by Crippen LogP contribution is 2.22. The van der Waals surface area contributed by atoms with E-state index in [9.17, 15) is 0 Å². The minimum atomic E-state index is 0.770. The van der Waals surface area contributed by atoms with Crippen LogP contribution in [0.1, 0.15) is 18.4 Å². The summed E-state index contributed by atoms with van der Waals surface area (Å²) < 4.78 is 5.44. The van der Waals surface area contributed by atoms with E-state index in [4.69, 9.17) is 17.0 Å². The molecular formula is C17H22N2OS. The van der Waals surface area contributed by atoms with Gasteiger partial charge in [0.05, 0.1) is 13.2 Å². The van der Waals surface area contributed by atoms with Crippen molar-refractivity contribution in [1.29, 1.82) is 0 Å². The van der Waals surface area contributed by atoms with Crippen LogP contribution in [-0.4, -0.2) is 54.2 Å². The maximum Gasteiger partial charge on any atom is 0.111 e. The van der Waals surface area contributed by atoms with Gasteiger partial charge in [0.25, 0.3) is 0 Å². The smallest absolute Gasteiger partial charge is 0.111 e. The molecule has 1 aromatic rings. The second kappa shape index (κ2) is 7.05. The van der Waals surface area contributed by atoms with Gasteiger partial charge in [-0.3, -0.25) is 0 Å². The summed E-state index contributed by atoms with van der Waals surface area (Å²) in [5, 5.41) is 0. The van der Waals surface area contributed by atoms with E-state index in [0.717, 1.165) is 44.4 Å². The molecule has 2 heterocycles. The monoisotopic (exact) mass is 302 g/mol. The number of nitrogens with zero attached hydrogens (tertiary/aromatic N) is 2. The molecule has 2 aliphatic rings. The fourth-order valence-electron chi connectivity index (χ4n) is 2.86. The zero-order valence-corrected chi connectivity index (χ0v) is 13.1. The van der Waals surface area contributed by atoms with Gasteiger partial charge in [-0.25, -0.2) is 0 Å². The maximum absolute atomic E-state index is 5.79. The highest BCUT2D eigenvalue weighted by molar-refractivity contribution is 7.81. The highest BCUT2D eigenvalue weighted by atomic mass is 32.1. The third-order valence-electron chi connectivity index (χ3n) is 4.07. The fourth-order valence-corrected chi connectivity index (χ4v) is 3.21. The first kappa shape index (κ1) is 14.5. The molecule has 21 heavy (non-hydrogen) atoms. The van der Waals surface area contributed by atoms with E-state index in [1.54, 1.807) is 0 Å². The zero-order valence-electron chi connectivity index (χ0n) is 12.3. The second-order valence-electron chi connectivity index (χ2n) is 5.56. The van der Waals surface area contributed by atoms with E-state index in [-0.39, 0.29) is 0 Å². The quantitative estimate of drug-likeness (QED) is 0.630. The molecule has 0 bridgehead atoms. The Morgan fingerprint density at radius 2 is 1.67 bits per heavy atom. The molecule has 0 N–H and O–H groups in total. The molecule has 0 aromatic heterocycles. The van der Waals surface area contributed by atoms with Crippen LogP contribution in [0.25, 0.3) is 5.57 Å². The van der Waals surface area contributed by atoms with E-state index in [1.165, 1.54) is 24.0 Å². The van der Waals surface area contributed by atoms with Crippen LogP contribution in [0.4, 0.5) is 0 Å². The van der Waals surface area contributed by atoms with E-state index in [1.807, 2.05) is 0 Å². The number of thiocarbonyl (C=S) groups is 1. The van der Waals surface area contributed by atoms with Crippen molar-refractivity contribution in [2.24, 2.45) is 0 Å². The van der Waals surface area contributed by atoms with Crippen molar-refractivity contribution in [2.75, 3.05) is 39.4 Å². The van der Waals surface area contributed by atoms with Crippen molar-refractivity contribution in [1.82, 2.24) is 9.80 Å². The van der Waals surface area contributed by atoms with Gasteiger partial charge in [-0.2, -0.15) is 0 Å². The first-order valence-corrected chi connectivity index (χ1v) is 8.14. The summed E-state index contributed by atoms with van der Waals surface area (Å²) in [5.41, 5.74) is 2.38. The van der Waals surface area contributed by atoms with Crippen molar-refractivity contribution in [2.45, 2.75) is 12.8 Å². The SMILES string of the molecule is S=C(/C(=C/N1CCCC1)c1ccccc1)N1CCOCC1. The van der Waals surface area contributed by atoms with Gasteiger partial charge < -0.3 is 14.5 Å². The summed E-state index contributed by atoms with van der Waals surface area (Å²) in [5.74, 6) is 0. The summed E-state index contributed by atoms with van der Waals surface area (Å²) in [6.45, 7) is 5.61. The van der Waals surface area contributed by atoms with Crippen LogP contribution in [-0.2, 0) is 4.74 Å². The minimum Gasteiger partial charge on any atom is -0.378 e. The molecule has 3 rings (SSSR count).